The van der Waals surface area contributed by atoms with Gasteiger partial charge < -0.3 is 14.6 Å². The molecule has 1 aliphatic rings. The Morgan fingerprint density at radius 2 is 1.77 bits per heavy atom. The molecule has 0 atom stereocenters. The molecule has 0 saturated carbocycles. The van der Waals surface area contributed by atoms with Crippen LogP contribution < -0.4 is 16.2 Å². The number of nitrogens with one attached hydrogen (secondary N) is 2. The highest BCUT2D eigenvalue weighted by Crippen LogP contribution is 2.36. The Labute approximate surface area is 137 Å². The maximum Gasteiger partial charge on any atom is 0.495 e. The maximum absolute atomic E-state index is 6.10. The summed E-state index contributed by atoms with van der Waals surface area (Å²) in [5.41, 5.74) is 3.87. The SMILES string of the molecule is CNC(=S)N/N=C/c1ccccc1B1OC(C)(C)C(C)(C)O1. The molecule has 22 heavy (non-hydrogen) atoms. The Kier molecular flexibility index (Phi) is 4.89. The fourth-order valence-corrected chi connectivity index (χ4v) is 2.08. The van der Waals surface area contributed by atoms with Crippen LogP contribution in [0.15, 0.2) is 29.4 Å². The first-order valence-corrected chi connectivity index (χ1v) is 7.63. The van der Waals surface area contributed by atoms with E-state index < -0.39 is 7.12 Å². The summed E-state index contributed by atoms with van der Waals surface area (Å²) in [7, 11) is 1.33. The van der Waals surface area contributed by atoms with Gasteiger partial charge in [-0.2, -0.15) is 5.10 Å². The zero-order chi connectivity index (χ0) is 16.4. The predicted molar refractivity (Wildman–Crippen MR) is 94.5 cm³/mol. The van der Waals surface area contributed by atoms with Crippen molar-refractivity contribution in [2.24, 2.45) is 5.10 Å². The standard InChI is InChI=1S/C15H22BN3O2S/c1-14(2)15(3,4)21-16(20-14)12-9-7-6-8-11(12)10-18-19-13(22)17-5/h6-10H,1-5H3,(H2,17,19,22)/b18-10+. The van der Waals surface area contributed by atoms with Gasteiger partial charge >= 0.3 is 7.12 Å². The molecule has 1 aromatic carbocycles. The quantitative estimate of drug-likeness (QED) is 0.382. The summed E-state index contributed by atoms with van der Waals surface area (Å²) < 4.78 is 12.2. The van der Waals surface area contributed by atoms with Gasteiger partial charge in [-0.3, -0.25) is 5.43 Å². The highest BCUT2D eigenvalue weighted by molar-refractivity contribution is 7.80. The lowest BCUT2D eigenvalue weighted by atomic mass is 9.76. The summed E-state index contributed by atoms with van der Waals surface area (Å²) in [6.07, 6.45) is 1.71. The number of nitrogens with zero attached hydrogens (tertiary/aromatic N) is 1. The fourth-order valence-electron chi connectivity index (χ4n) is 2.03. The highest BCUT2D eigenvalue weighted by Gasteiger charge is 2.52. The van der Waals surface area contributed by atoms with Crippen molar-refractivity contribution in [3.05, 3.63) is 29.8 Å². The van der Waals surface area contributed by atoms with E-state index in [2.05, 4.69) is 15.8 Å². The van der Waals surface area contributed by atoms with E-state index in [4.69, 9.17) is 21.5 Å². The third kappa shape index (κ3) is 3.48. The molecule has 0 unspecified atom stereocenters. The molecule has 1 aliphatic heterocycles. The van der Waals surface area contributed by atoms with Crippen molar-refractivity contribution in [3.63, 3.8) is 0 Å². The Morgan fingerprint density at radius 3 is 2.36 bits per heavy atom. The number of thiocarbonyl (C=S) groups is 1. The number of hydrazone groups is 1. The first kappa shape index (κ1) is 16.9. The summed E-state index contributed by atoms with van der Waals surface area (Å²) in [5, 5.41) is 7.39. The molecule has 1 heterocycles. The van der Waals surface area contributed by atoms with Gasteiger partial charge in [-0.05, 0) is 50.9 Å². The van der Waals surface area contributed by atoms with Crippen LogP contribution in [0, 0.1) is 0 Å². The zero-order valence-corrected chi connectivity index (χ0v) is 14.5. The van der Waals surface area contributed by atoms with Gasteiger partial charge in [0, 0.05) is 7.05 Å². The third-order valence-electron chi connectivity index (χ3n) is 4.10. The molecule has 5 nitrogen and oxygen atoms in total. The van der Waals surface area contributed by atoms with Crippen LogP contribution in [-0.2, 0) is 9.31 Å². The molecule has 7 heteroatoms. The molecule has 0 radical (unpaired) electrons. The van der Waals surface area contributed by atoms with E-state index in [1.807, 2.05) is 52.0 Å². The second-order valence-corrected chi connectivity index (χ2v) is 6.57. The van der Waals surface area contributed by atoms with Gasteiger partial charge in [0.2, 0.25) is 0 Å². The smallest absolute Gasteiger partial charge is 0.399 e. The van der Waals surface area contributed by atoms with Gasteiger partial charge in [0.25, 0.3) is 0 Å². The Morgan fingerprint density at radius 1 is 1.18 bits per heavy atom. The van der Waals surface area contributed by atoms with Crippen molar-refractivity contribution in [3.8, 4) is 0 Å². The highest BCUT2D eigenvalue weighted by atomic mass is 32.1. The van der Waals surface area contributed by atoms with Gasteiger partial charge in [-0.25, -0.2) is 0 Å². The molecule has 2 rings (SSSR count). The zero-order valence-electron chi connectivity index (χ0n) is 13.6. The molecular formula is C15H22BN3O2S. The number of hydrogen-bond acceptors (Lipinski definition) is 4. The molecule has 0 bridgehead atoms. The second-order valence-electron chi connectivity index (χ2n) is 6.17. The molecule has 0 amide bonds. The molecular weight excluding hydrogens is 297 g/mol. The van der Waals surface area contributed by atoms with E-state index in [9.17, 15) is 0 Å². The largest absolute Gasteiger partial charge is 0.495 e. The minimum atomic E-state index is -0.413. The van der Waals surface area contributed by atoms with E-state index in [1.165, 1.54) is 0 Å². The summed E-state index contributed by atoms with van der Waals surface area (Å²) >= 11 is 4.99. The van der Waals surface area contributed by atoms with Gasteiger partial charge in [-0.15, -0.1) is 0 Å². The number of rotatable bonds is 3. The topological polar surface area (TPSA) is 54.9 Å². The lowest BCUT2D eigenvalue weighted by molar-refractivity contribution is 0.00578. The van der Waals surface area contributed by atoms with Crippen LogP contribution in [0.1, 0.15) is 33.3 Å². The van der Waals surface area contributed by atoms with E-state index >= 15 is 0 Å². The van der Waals surface area contributed by atoms with Crippen molar-refractivity contribution in [1.82, 2.24) is 10.7 Å². The lowest BCUT2D eigenvalue weighted by Gasteiger charge is -2.32. The van der Waals surface area contributed by atoms with Crippen molar-refractivity contribution in [1.29, 1.82) is 0 Å². The summed E-state index contributed by atoms with van der Waals surface area (Å²) in [4.78, 5) is 0. The van der Waals surface area contributed by atoms with E-state index in [0.717, 1.165) is 11.0 Å². The fraction of sp³-hybridized carbons (Fsp3) is 0.467. The van der Waals surface area contributed by atoms with Crippen LogP contribution in [0.3, 0.4) is 0 Å². The van der Waals surface area contributed by atoms with Crippen LogP contribution in [0.4, 0.5) is 0 Å². The third-order valence-corrected chi connectivity index (χ3v) is 4.40. The van der Waals surface area contributed by atoms with E-state index in [1.54, 1.807) is 13.3 Å². The molecule has 1 aromatic rings. The first-order chi connectivity index (χ1) is 10.3. The normalized spacial score (nSPS) is 19.4. The Balaban J connectivity index is 2.21. The van der Waals surface area contributed by atoms with Gasteiger partial charge in [0.15, 0.2) is 5.11 Å². The summed E-state index contributed by atoms with van der Waals surface area (Å²) in [6.45, 7) is 8.15. The molecule has 2 N–H and O–H groups in total. The molecule has 1 saturated heterocycles. The van der Waals surface area contributed by atoms with E-state index in [0.29, 0.717) is 5.11 Å². The number of hydrogen-bond donors (Lipinski definition) is 2. The molecule has 118 valence electrons. The van der Waals surface area contributed by atoms with Gasteiger partial charge in [0.1, 0.15) is 0 Å². The maximum atomic E-state index is 6.10. The lowest BCUT2D eigenvalue weighted by Crippen LogP contribution is -2.41. The summed E-state index contributed by atoms with van der Waals surface area (Å²) in [6, 6.07) is 7.86. The predicted octanol–water partition coefficient (Wildman–Crippen LogP) is 1.41. The Bertz CT molecular complexity index is 574. The van der Waals surface area contributed by atoms with Crippen molar-refractivity contribution >= 4 is 36.1 Å². The van der Waals surface area contributed by atoms with Crippen LogP contribution in [0.2, 0.25) is 0 Å². The molecule has 0 aromatic heterocycles. The van der Waals surface area contributed by atoms with Crippen LogP contribution in [0.5, 0.6) is 0 Å². The minimum Gasteiger partial charge on any atom is -0.399 e. The molecule has 0 spiro atoms. The van der Waals surface area contributed by atoms with E-state index in [-0.39, 0.29) is 11.2 Å². The van der Waals surface area contributed by atoms with Crippen LogP contribution in [0.25, 0.3) is 0 Å². The monoisotopic (exact) mass is 319 g/mol. The van der Waals surface area contributed by atoms with Crippen LogP contribution in [-0.4, -0.2) is 36.7 Å². The molecule has 0 aliphatic carbocycles. The first-order valence-electron chi connectivity index (χ1n) is 7.22. The van der Waals surface area contributed by atoms with Crippen molar-refractivity contribution in [2.75, 3.05) is 7.05 Å². The van der Waals surface area contributed by atoms with Gasteiger partial charge in [-0.1, -0.05) is 24.3 Å². The van der Waals surface area contributed by atoms with Crippen molar-refractivity contribution < 1.29 is 9.31 Å². The second kappa shape index (κ2) is 6.36. The van der Waals surface area contributed by atoms with Gasteiger partial charge in [0.05, 0.1) is 17.4 Å². The number of benzene rings is 1. The molecule has 1 fully saturated rings. The summed E-state index contributed by atoms with van der Waals surface area (Å²) in [5.74, 6) is 0. The Hall–Kier alpha value is -1.44. The minimum absolute atomic E-state index is 0.367. The average molecular weight is 319 g/mol. The van der Waals surface area contributed by atoms with Crippen molar-refractivity contribution in [2.45, 2.75) is 38.9 Å². The van der Waals surface area contributed by atoms with Crippen LogP contribution >= 0.6 is 12.2 Å². The average Bonchev–Trinajstić information content (AvgIpc) is 2.67.